The monoisotopic (exact) mass is 575 g/mol. The van der Waals surface area contributed by atoms with E-state index in [1.807, 2.05) is 18.2 Å². The summed E-state index contributed by atoms with van der Waals surface area (Å²) >= 11 is 3.70. The summed E-state index contributed by atoms with van der Waals surface area (Å²) in [5.74, 6) is -1.74. The number of oxime groups is 1. The number of aromatic nitrogens is 3. The first-order valence-corrected chi connectivity index (χ1v) is 14.1. The first-order chi connectivity index (χ1) is 18.3. The quantitative estimate of drug-likeness (QED) is 0.118. The first kappa shape index (κ1) is 25.9. The molecule has 6 N–H and O–H groups in total. The zero-order valence-electron chi connectivity index (χ0n) is 19.7. The molecule has 2 aliphatic heterocycles. The molecule has 2 aliphatic rings. The average molecular weight is 576 g/mol. The van der Waals surface area contributed by atoms with Gasteiger partial charge >= 0.3 is 5.97 Å². The Morgan fingerprint density at radius 2 is 1.95 bits per heavy atom. The fourth-order valence-electron chi connectivity index (χ4n) is 4.17. The Hall–Kier alpha value is -3.76. The number of amides is 2. The molecule has 5 heterocycles. The molecule has 0 aromatic carbocycles. The van der Waals surface area contributed by atoms with Crippen LogP contribution in [-0.2, 0) is 32.4 Å². The summed E-state index contributed by atoms with van der Waals surface area (Å²) in [5.41, 5.74) is 10.8. The van der Waals surface area contributed by atoms with Crippen LogP contribution in [-0.4, -0.2) is 67.2 Å². The van der Waals surface area contributed by atoms with Crippen molar-refractivity contribution in [2.45, 2.75) is 24.6 Å². The smallest absolute Gasteiger partial charge is 0.318 e. The molecule has 38 heavy (non-hydrogen) atoms. The molecule has 0 bridgehead atoms. The lowest BCUT2D eigenvalue weighted by atomic mass is 9.86. The fraction of sp³-hybridized carbons (Fsp3) is 0.318. The summed E-state index contributed by atoms with van der Waals surface area (Å²) in [6.45, 7) is 0.236. The number of carboxylic acids is 1. The summed E-state index contributed by atoms with van der Waals surface area (Å²) in [4.78, 5) is 53.5. The molecule has 198 valence electrons. The fourth-order valence-corrected chi connectivity index (χ4v) is 6.80. The number of hydrogen-bond acceptors (Lipinski definition) is 12. The van der Waals surface area contributed by atoms with E-state index >= 15 is 0 Å². The summed E-state index contributed by atoms with van der Waals surface area (Å²) in [5, 5.41) is 20.2. The zero-order valence-corrected chi connectivity index (χ0v) is 22.2. The van der Waals surface area contributed by atoms with Gasteiger partial charge in [0.15, 0.2) is 46.9 Å². The van der Waals surface area contributed by atoms with Gasteiger partial charge < -0.3 is 31.6 Å². The van der Waals surface area contributed by atoms with Gasteiger partial charge in [0.1, 0.15) is 17.1 Å². The first-order valence-electron chi connectivity index (χ1n) is 11.3. The minimum atomic E-state index is -1.16. The number of carbonyl (C=O) groups is 3. The molecular formula is C22H23N8O5S3+. The van der Waals surface area contributed by atoms with Gasteiger partial charge in [-0.25, -0.2) is 14.5 Å². The average Bonchev–Trinajstić information content (AvgIpc) is 3.53. The predicted octanol–water partition coefficient (Wildman–Crippen LogP) is 0.144. The van der Waals surface area contributed by atoms with E-state index in [0.717, 1.165) is 11.3 Å². The third-order valence-corrected chi connectivity index (χ3v) is 9.05. The molecule has 2 fully saturated rings. The number of nitrogens with two attached hydrogens (primary N) is 2. The van der Waals surface area contributed by atoms with E-state index in [-0.39, 0.29) is 47.9 Å². The van der Waals surface area contributed by atoms with Crippen molar-refractivity contribution >= 4 is 68.2 Å². The minimum Gasteiger partial charge on any atom is -0.481 e. The van der Waals surface area contributed by atoms with Crippen LogP contribution in [0.25, 0.3) is 0 Å². The van der Waals surface area contributed by atoms with Crippen molar-refractivity contribution in [3.05, 3.63) is 52.7 Å². The number of hydrogen-bond donors (Lipinski definition) is 4. The number of aliphatic carboxylic acids is 1. The number of nitrogens with zero attached hydrogens (tertiary/aromatic N) is 5. The molecule has 0 saturated carbocycles. The van der Waals surface area contributed by atoms with Crippen molar-refractivity contribution in [1.29, 1.82) is 0 Å². The van der Waals surface area contributed by atoms with Crippen LogP contribution >= 0.6 is 34.4 Å². The molecule has 16 heteroatoms. The highest BCUT2D eigenvalue weighted by Crippen LogP contribution is 2.42. The lowest BCUT2D eigenvalue weighted by Crippen LogP contribution is -2.75. The third kappa shape index (κ3) is 5.14. The highest BCUT2D eigenvalue weighted by atomic mass is 32.2. The molecular weight excluding hydrogens is 552 g/mol. The highest BCUT2D eigenvalue weighted by Gasteiger charge is 2.59. The second kappa shape index (κ2) is 10.5. The van der Waals surface area contributed by atoms with E-state index < -0.39 is 28.7 Å². The molecule has 2 unspecified atom stereocenters. The van der Waals surface area contributed by atoms with Crippen LogP contribution in [0.4, 0.5) is 10.3 Å². The van der Waals surface area contributed by atoms with E-state index in [2.05, 4.69) is 20.4 Å². The Bertz CT molecular complexity index is 1400. The van der Waals surface area contributed by atoms with Crippen molar-refractivity contribution < 1.29 is 28.9 Å². The second-order valence-electron chi connectivity index (χ2n) is 8.71. The van der Waals surface area contributed by atoms with E-state index in [9.17, 15) is 19.5 Å². The van der Waals surface area contributed by atoms with E-state index in [1.165, 1.54) is 28.0 Å². The summed E-state index contributed by atoms with van der Waals surface area (Å²) in [7, 11) is 0. The van der Waals surface area contributed by atoms with Crippen LogP contribution in [0.3, 0.4) is 0 Å². The summed E-state index contributed by atoms with van der Waals surface area (Å²) < 4.78 is 1.79. The van der Waals surface area contributed by atoms with E-state index in [4.69, 9.17) is 16.3 Å². The normalized spacial score (nSPS) is 22.9. The number of anilines is 2. The number of β-lactam (4-membered cyclic amide) rings is 1. The van der Waals surface area contributed by atoms with Gasteiger partial charge in [-0.3, -0.25) is 14.4 Å². The van der Waals surface area contributed by atoms with Crippen molar-refractivity contribution in [3.8, 4) is 0 Å². The molecule has 2 saturated heterocycles. The van der Waals surface area contributed by atoms with Crippen molar-refractivity contribution in [3.63, 3.8) is 0 Å². The van der Waals surface area contributed by atoms with Gasteiger partial charge in [-0.1, -0.05) is 11.2 Å². The van der Waals surface area contributed by atoms with Crippen molar-refractivity contribution in [2.24, 2.45) is 10.6 Å². The standard InChI is InChI=1S/C22H22N8O5S3/c23-20-25-12(7-36-20)6-35-28-14(13-8-37-21(24)26-13)16(31)27-15-17(32)30-10-22(19(33)34,11-38-18(15)30)9-29-4-2-1-3-5-29/h1-5,7-8,15,18H,6,9-11H2,(H5-,23,24,25,26,27,31,33,34)/p+1/t15?,18-,22?/m1/s1. The molecule has 5 rings (SSSR count). The van der Waals surface area contributed by atoms with Crippen LogP contribution in [0.15, 0.2) is 46.5 Å². The Balaban J connectivity index is 1.27. The van der Waals surface area contributed by atoms with Crippen LogP contribution in [0.1, 0.15) is 11.4 Å². The van der Waals surface area contributed by atoms with E-state index in [0.29, 0.717) is 10.8 Å². The lowest BCUT2D eigenvalue weighted by Gasteiger charge is -2.53. The molecule has 3 aromatic rings. The SMILES string of the molecule is Nc1nc(CON=C(C(=O)NC2C(=O)N3CC(C[n+]4ccccc4)(C(=O)O)CS[C@H]23)c2csc(N)n2)cs1. The summed E-state index contributed by atoms with van der Waals surface area (Å²) in [6, 6.07) is 4.64. The molecule has 3 atom stereocenters. The van der Waals surface area contributed by atoms with Crippen LogP contribution in [0, 0.1) is 5.41 Å². The second-order valence-corrected chi connectivity index (χ2v) is 11.6. The molecule has 2 amide bonds. The molecule has 13 nitrogen and oxygen atoms in total. The van der Waals surface area contributed by atoms with Crippen LogP contribution in [0.2, 0.25) is 0 Å². The zero-order chi connectivity index (χ0) is 26.9. The number of thioether (sulfide) groups is 1. The number of carboxylic acid groups (broad SMARTS) is 1. The molecule has 0 spiro atoms. The maximum atomic E-state index is 13.2. The highest BCUT2D eigenvalue weighted by molar-refractivity contribution is 8.00. The predicted molar refractivity (Wildman–Crippen MR) is 141 cm³/mol. The van der Waals surface area contributed by atoms with E-state index in [1.54, 1.807) is 27.7 Å². The van der Waals surface area contributed by atoms with Gasteiger partial charge in [0.25, 0.3) is 5.91 Å². The number of thiazole rings is 2. The molecule has 3 aromatic heterocycles. The number of nitrogens with one attached hydrogen (secondary N) is 1. The number of pyridine rings is 1. The minimum absolute atomic E-state index is 0.0184. The number of carbonyl (C=O) groups excluding carboxylic acids is 2. The Labute approximate surface area is 228 Å². The number of rotatable bonds is 9. The van der Waals surface area contributed by atoms with Crippen molar-refractivity contribution in [1.82, 2.24) is 20.2 Å². The molecule has 0 aliphatic carbocycles. The lowest BCUT2D eigenvalue weighted by molar-refractivity contribution is -0.706. The Morgan fingerprint density at radius 1 is 1.21 bits per heavy atom. The van der Waals surface area contributed by atoms with Gasteiger partial charge in [-0.05, 0) is 0 Å². The number of nitrogen functional groups attached to an aromatic ring is 2. The van der Waals surface area contributed by atoms with Gasteiger partial charge in [0.2, 0.25) is 5.91 Å². The van der Waals surface area contributed by atoms with Crippen molar-refractivity contribution in [2.75, 3.05) is 23.8 Å². The van der Waals surface area contributed by atoms with Crippen LogP contribution < -0.4 is 21.4 Å². The third-order valence-electron chi connectivity index (χ3n) is 6.07. The topological polar surface area (TPSA) is 190 Å². The largest absolute Gasteiger partial charge is 0.481 e. The summed E-state index contributed by atoms with van der Waals surface area (Å²) in [6.07, 6.45) is 3.58. The number of fused-ring (bicyclic) bond motifs is 1. The van der Waals surface area contributed by atoms with Crippen LogP contribution in [0.5, 0.6) is 0 Å². The van der Waals surface area contributed by atoms with Gasteiger partial charge in [0.05, 0.1) is 5.69 Å². The van der Waals surface area contributed by atoms with Gasteiger partial charge in [0, 0.05) is 35.2 Å². The molecule has 0 radical (unpaired) electrons. The Morgan fingerprint density at radius 3 is 2.61 bits per heavy atom. The maximum absolute atomic E-state index is 13.2. The van der Waals surface area contributed by atoms with Gasteiger partial charge in [-0.2, -0.15) is 0 Å². The maximum Gasteiger partial charge on any atom is 0.318 e. The Kier molecular flexibility index (Phi) is 7.18. The van der Waals surface area contributed by atoms with Gasteiger partial charge in [-0.15, -0.1) is 34.4 Å².